The van der Waals surface area contributed by atoms with Crippen molar-refractivity contribution >= 4 is 23.4 Å². The van der Waals surface area contributed by atoms with Crippen molar-refractivity contribution < 1.29 is 9.18 Å². The fourth-order valence-corrected chi connectivity index (χ4v) is 4.00. The molecule has 0 saturated carbocycles. The number of benzene rings is 1. The molecule has 2 heterocycles. The molecule has 0 fully saturated rings. The average Bonchev–Trinajstić information content (AvgIpc) is 2.93. The van der Waals surface area contributed by atoms with Crippen LogP contribution in [-0.4, -0.2) is 32.5 Å². The Labute approximate surface area is 151 Å². The van der Waals surface area contributed by atoms with E-state index in [0.29, 0.717) is 5.75 Å². The Morgan fingerprint density at radius 3 is 2.96 bits per heavy atom. The van der Waals surface area contributed by atoms with Crippen LogP contribution in [0.25, 0.3) is 0 Å². The second kappa shape index (κ2) is 7.56. The first-order valence-corrected chi connectivity index (χ1v) is 9.61. The van der Waals surface area contributed by atoms with Crippen molar-refractivity contribution in [1.29, 1.82) is 0 Å². The molecule has 1 aromatic carbocycles. The molecule has 1 aliphatic rings. The van der Waals surface area contributed by atoms with E-state index in [0.717, 1.165) is 47.9 Å². The number of thioether (sulfide) groups is 1. The molecule has 0 aliphatic carbocycles. The van der Waals surface area contributed by atoms with Gasteiger partial charge in [-0.3, -0.25) is 4.79 Å². The lowest BCUT2D eigenvalue weighted by molar-refractivity contribution is -0.116. The maximum absolute atomic E-state index is 13.5. The summed E-state index contributed by atoms with van der Waals surface area (Å²) in [6, 6.07) is 4.78. The SMILES string of the molecule is CCCc1nnc(SCC(=O)N2c3ccc(F)cc3CCC2C)n1C. The summed E-state index contributed by atoms with van der Waals surface area (Å²) >= 11 is 1.40. The quantitative estimate of drug-likeness (QED) is 0.765. The first kappa shape index (κ1) is 17.9. The molecule has 1 unspecified atom stereocenters. The molecule has 1 aliphatic heterocycles. The summed E-state index contributed by atoms with van der Waals surface area (Å²) in [5.74, 6) is 0.992. The van der Waals surface area contributed by atoms with Gasteiger partial charge in [0.1, 0.15) is 11.6 Å². The van der Waals surface area contributed by atoms with Gasteiger partial charge in [-0.25, -0.2) is 4.39 Å². The third-order valence-corrected chi connectivity index (χ3v) is 5.57. The summed E-state index contributed by atoms with van der Waals surface area (Å²) in [5.41, 5.74) is 1.73. The van der Waals surface area contributed by atoms with Crippen LogP contribution in [0.1, 0.15) is 38.1 Å². The number of anilines is 1. The minimum Gasteiger partial charge on any atom is -0.309 e. The second-order valence-electron chi connectivity index (χ2n) is 6.42. The van der Waals surface area contributed by atoms with Crippen LogP contribution in [0.2, 0.25) is 0 Å². The van der Waals surface area contributed by atoms with Gasteiger partial charge in [-0.2, -0.15) is 0 Å². The van der Waals surface area contributed by atoms with Crippen LogP contribution in [0.15, 0.2) is 23.4 Å². The number of carbonyl (C=O) groups excluding carboxylic acids is 1. The predicted molar refractivity (Wildman–Crippen MR) is 97.4 cm³/mol. The number of halogens is 1. The number of aryl methyl sites for hydroxylation is 2. The Kier molecular flexibility index (Phi) is 5.42. The summed E-state index contributed by atoms with van der Waals surface area (Å²) in [6.07, 6.45) is 3.53. The maximum atomic E-state index is 13.5. The molecule has 1 aromatic heterocycles. The van der Waals surface area contributed by atoms with E-state index in [1.54, 1.807) is 11.0 Å². The van der Waals surface area contributed by atoms with Crippen molar-refractivity contribution in [1.82, 2.24) is 14.8 Å². The first-order valence-electron chi connectivity index (χ1n) is 8.62. The van der Waals surface area contributed by atoms with Gasteiger partial charge in [0.25, 0.3) is 0 Å². The molecular formula is C18H23FN4OS. The molecule has 1 amide bonds. The molecule has 7 heteroatoms. The number of hydrogen-bond donors (Lipinski definition) is 0. The van der Waals surface area contributed by atoms with E-state index in [9.17, 15) is 9.18 Å². The number of nitrogens with zero attached hydrogens (tertiary/aromatic N) is 4. The molecule has 134 valence electrons. The number of hydrogen-bond acceptors (Lipinski definition) is 4. The highest BCUT2D eigenvalue weighted by Crippen LogP contribution is 2.32. The van der Waals surface area contributed by atoms with Crippen molar-refractivity contribution in [2.45, 2.75) is 50.7 Å². The molecule has 1 atom stereocenters. The lowest BCUT2D eigenvalue weighted by Gasteiger charge is -2.35. The summed E-state index contributed by atoms with van der Waals surface area (Å²) in [6.45, 7) is 4.14. The van der Waals surface area contributed by atoms with Crippen LogP contribution in [0.5, 0.6) is 0 Å². The lowest BCUT2D eigenvalue weighted by Crippen LogP contribution is -2.43. The minimum atomic E-state index is -0.252. The van der Waals surface area contributed by atoms with Gasteiger partial charge in [-0.15, -0.1) is 10.2 Å². The van der Waals surface area contributed by atoms with Gasteiger partial charge in [0, 0.05) is 25.2 Å². The minimum absolute atomic E-state index is 0.0186. The van der Waals surface area contributed by atoms with Crippen molar-refractivity contribution in [3.63, 3.8) is 0 Å². The zero-order valence-electron chi connectivity index (χ0n) is 14.8. The van der Waals surface area contributed by atoms with E-state index >= 15 is 0 Å². The molecule has 0 radical (unpaired) electrons. The standard InChI is InChI=1S/C18H23FN4OS/c1-4-5-16-20-21-18(22(16)3)25-11-17(24)23-12(2)6-7-13-10-14(19)8-9-15(13)23/h8-10,12H,4-7,11H2,1-3H3. The van der Waals surface area contributed by atoms with E-state index < -0.39 is 0 Å². The van der Waals surface area contributed by atoms with Crippen LogP contribution in [-0.2, 0) is 24.7 Å². The smallest absolute Gasteiger partial charge is 0.237 e. The van der Waals surface area contributed by atoms with Crippen LogP contribution >= 0.6 is 11.8 Å². The Morgan fingerprint density at radius 2 is 2.20 bits per heavy atom. The third kappa shape index (κ3) is 3.71. The molecular weight excluding hydrogens is 339 g/mol. The van der Waals surface area contributed by atoms with E-state index in [1.165, 1.54) is 23.9 Å². The molecule has 5 nitrogen and oxygen atoms in total. The van der Waals surface area contributed by atoms with Crippen LogP contribution < -0.4 is 4.90 Å². The zero-order chi connectivity index (χ0) is 18.0. The van der Waals surface area contributed by atoms with Gasteiger partial charge >= 0.3 is 0 Å². The van der Waals surface area contributed by atoms with E-state index in [2.05, 4.69) is 17.1 Å². The van der Waals surface area contributed by atoms with Gasteiger partial charge in [0.15, 0.2) is 5.16 Å². The fraction of sp³-hybridized carbons (Fsp3) is 0.500. The molecule has 3 rings (SSSR count). The topological polar surface area (TPSA) is 51.0 Å². The maximum Gasteiger partial charge on any atom is 0.237 e. The Hall–Kier alpha value is -1.89. The first-order chi connectivity index (χ1) is 12.0. The third-order valence-electron chi connectivity index (χ3n) is 4.57. The van der Waals surface area contributed by atoms with E-state index in [1.807, 2.05) is 18.5 Å². The Balaban J connectivity index is 1.73. The van der Waals surface area contributed by atoms with Crippen molar-refractivity contribution in [2.75, 3.05) is 10.7 Å². The molecule has 0 N–H and O–H groups in total. The van der Waals surface area contributed by atoms with Crippen LogP contribution in [0.4, 0.5) is 10.1 Å². The molecule has 0 saturated heterocycles. The fourth-order valence-electron chi connectivity index (χ4n) is 3.21. The van der Waals surface area contributed by atoms with Crippen LogP contribution in [0.3, 0.4) is 0 Å². The van der Waals surface area contributed by atoms with Gasteiger partial charge in [-0.05, 0) is 49.9 Å². The highest BCUT2D eigenvalue weighted by atomic mass is 32.2. The number of rotatable bonds is 5. The van der Waals surface area contributed by atoms with E-state index in [4.69, 9.17) is 0 Å². The zero-order valence-corrected chi connectivity index (χ0v) is 15.6. The summed E-state index contributed by atoms with van der Waals surface area (Å²) in [4.78, 5) is 14.6. The van der Waals surface area contributed by atoms with Crippen molar-refractivity contribution in [3.05, 3.63) is 35.4 Å². The summed E-state index contributed by atoms with van der Waals surface area (Å²) < 4.78 is 15.4. The molecule has 2 aromatic rings. The molecule has 25 heavy (non-hydrogen) atoms. The van der Waals surface area contributed by atoms with Crippen LogP contribution in [0, 0.1) is 5.82 Å². The van der Waals surface area contributed by atoms with Gasteiger partial charge in [0.2, 0.25) is 5.91 Å². The average molecular weight is 362 g/mol. The second-order valence-corrected chi connectivity index (χ2v) is 7.36. The Morgan fingerprint density at radius 1 is 1.40 bits per heavy atom. The monoisotopic (exact) mass is 362 g/mol. The summed E-state index contributed by atoms with van der Waals surface area (Å²) in [5, 5.41) is 9.11. The summed E-state index contributed by atoms with van der Waals surface area (Å²) in [7, 11) is 1.93. The lowest BCUT2D eigenvalue weighted by atomic mass is 9.96. The number of amides is 1. The van der Waals surface area contributed by atoms with Crippen molar-refractivity contribution in [2.24, 2.45) is 7.05 Å². The van der Waals surface area contributed by atoms with E-state index in [-0.39, 0.29) is 17.8 Å². The molecule has 0 spiro atoms. The van der Waals surface area contributed by atoms with Gasteiger partial charge in [-0.1, -0.05) is 18.7 Å². The largest absolute Gasteiger partial charge is 0.309 e. The number of fused-ring (bicyclic) bond motifs is 1. The highest BCUT2D eigenvalue weighted by molar-refractivity contribution is 7.99. The number of carbonyl (C=O) groups is 1. The van der Waals surface area contributed by atoms with Crippen molar-refractivity contribution in [3.8, 4) is 0 Å². The number of aromatic nitrogens is 3. The normalized spacial score (nSPS) is 16.8. The Bertz CT molecular complexity index is 776. The van der Waals surface area contributed by atoms with Gasteiger partial charge < -0.3 is 9.47 Å². The predicted octanol–water partition coefficient (Wildman–Crippen LogP) is 3.37. The highest BCUT2D eigenvalue weighted by Gasteiger charge is 2.28. The van der Waals surface area contributed by atoms with Gasteiger partial charge in [0.05, 0.1) is 5.75 Å². The molecule has 0 bridgehead atoms.